The first-order valence-electron chi connectivity index (χ1n) is 7.86. The SMILES string of the molecule is COc1ccc(Br)cc1C=CC(=O)OCC(=O)c1c[nH]c2ccccc12. The second kappa shape index (κ2) is 8.01. The molecule has 0 amide bonds. The number of para-hydroxylation sites is 1. The molecular weight excluding hydrogens is 398 g/mol. The number of ether oxygens (including phenoxy) is 2. The van der Waals surface area contributed by atoms with Crippen LogP contribution in [-0.2, 0) is 9.53 Å². The number of rotatable bonds is 6. The van der Waals surface area contributed by atoms with Gasteiger partial charge in [0.25, 0.3) is 0 Å². The summed E-state index contributed by atoms with van der Waals surface area (Å²) in [5.74, 6) is -0.225. The van der Waals surface area contributed by atoms with E-state index in [9.17, 15) is 9.59 Å². The number of benzene rings is 2. The van der Waals surface area contributed by atoms with Gasteiger partial charge in [-0.2, -0.15) is 0 Å². The normalized spacial score (nSPS) is 11.0. The quantitative estimate of drug-likeness (QED) is 0.369. The summed E-state index contributed by atoms with van der Waals surface area (Å²) in [6.07, 6.45) is 4.48. The third kappa shape index (κ3) is 4.03. The van der Waals surface area contributed by atoms with Crippen LogP contribution >= 0.6 is 15.9 Å². The zero-order valence-electron chi connectivity index (χ0n) is 14.0. The number of H-pyrrole nitrogens is 1. The molecule has 5 nitrogen and oxygen atoms in total. The summed E-state index contributed by atoms with van der Waals surface area (Å²) in [5.41, 5.74) is 2.09. The number of fused-ring (bicyclic) bond motifs is 1. The molecule has 0 atom stereocenters. The summed E-state index contributed by atoms with van der Waals surface area (Å²) in [6, 6.07) is 12.9. The van der Waals surface area contributed by atoms with Crippen LogP contribution in [-0.4, -0.2) is 30.5 Å². The predicted octanol–water partition coefficient (Wildman–Crippen LogP) is 4.38. The molecule has 1 N–H and O–H groups in total. The van der Waals surface area contributed by atoms with Crippen molar-refractivity contribution in [1.82, 2.24) is 4.98 Å². The number of halogens is 1. The fraction of sp³-hybridized carbons (Fsp3) is 0.100. The van der Waals surface area contributed by atoms with Crippen molar-refractivity contribution in [3.05, 3.63) is 70.3 Å². The van der Waals surface area contributed by atoms with E-state index in [0.717, 1.165) is 20.9 Å². The number of carbonyl (C=O) groups excluding carboxylic acids is 2. The van der Waals surface area contributed by atoms with E-state index in [1.165, 1.54) is 6.08 Å². The second-order valence-corrected chi connectivity index (χ2v) is 6.41. The average Bonchev–Trinajstić information content (AvgIpc) is 3.08. The summed E-state index contributed by atoms with van der Waals surface area (Å²) >= 11 is 3.37. The van der Waals surface area contributed by atoms with E-state index in [4.69, 9.17) is 9.47 Å². The zero-order valence-corrected chi connectivity index (χ0v) is 15.6. The van der Waals surface area contributed by atoms with E-state index in [1.54, 1.807) is 25.4 Å². The number of ketones is 1. The first-order valence-corrected chi connectivity index (χ1v) is 8.65. The number of esters is 1. The lowest BCUT2D eigenvalue weighted by molar-refractivity contribution is -0.136. The van der Waals surface area contributed by atoms with Gasteiger partial charge in [0, 0.05) is 38.8 Å². The van der Waals surface area contributed by atoms with Gasteiger partial charge in [-0.15, -0.1) is 0 Å². The van der Waals surface area contributed by atoms with Crippen LogP contribution < -0.4 is 4.74 Å². The number of aromatic amines is 1. The van der Waals surface area contributed by atoms with Crippen molar-refractivity contribution in [3.63, 3.8) is 0 Å². The van der Waals surface area contributed by atoms with Gasteiger partial charge in [-0.1, -0.05) is 34.1 Å². The summed E-state index contributed by atoms with van der Waals surface area (Å²) in [6.45, 7) is -0.319. The highest BCUT2D eigenvalue weighted by atomic mass is 79.9. The molecule has 6 heteroatoms. The maximum absolute atomic E-state index is 12.3. The molecule has 3 aromatic rings. The van der Waals surface area contributed by atoms with Crippen molar-refractivity contribution in [2.24, 2.45) is 0 Å². The van der Waals surface area contributed by atoms with Crippen LogP contribution in [0.4, 0.5) is 0 Å². The molecule has 0 spiro atoms. The molecule has 1 heterocycles. The number of nitrogens with one attached hydrogen (secondary N) is 1. The van der Waals surface area contributed by atoms with Crippen molar-refractivity contribution in [1.29, 1.82) is 0 Å². The molecule has 0 aliphatic carbocycles. The van der Waals surface area contributed by atoms with Crippen LogP contribution in [0.2, 0.25) is 0 Å². The molecule has 0 aliphatic rings. The van der Waals surface area contributed by atoms with Crippen molar-refractivity contribution < 1.29 is 19.1 Å². The van der Waals surface area contributed by atoms with Crippen LogP contribution in [0.1, 0.15) is 15.9 Å². The van der Waals surface area contributed by atoms with Crippen LogP contribution in [0.15, 0.2) is 59.2 Å². The van der Waals surface area contributed by atoms with Gasteiger partial charge < -0.3 is 14.5 Å². The van der Waals surface area contributed by atoms with Gasteiger partial charge in [0.1, 0.15) is 5.75 Å². The first kappa shape index (κ1) is 17.9. The highest BCUT2D eigenvalue weighted by Gasteiger charge is 2.13. The van der Waals surface area contributed by atoms with Gasteiger partial charge in [-0.05, 0) is 30.3 Å². The van der Waals surface area contributed by atoms with Crippen LogP contribution in [0.25, 0.3) is 17.0 Å². The Balaban J connectivity index is 1.64. The Hall–Kier alpha value is -2.86. The van der Waals surface area contributed by atoms with E-state index in [1.807, 2.05) is 36.4 Å². The van der Waals surface area contributed by atoms with Crippen molar-refractivity contribution in [2.45, 2.75) is 0 Å². The Bertz CT molecular complexity index is 990. The van der Waals surface area contributed by atoms with E-state index >= 15 is 0 Å². The highest BCUT2D eigenvalue weighted by molar-refractivity contribution is 9.10. The van der Waals surface area contributed by atoms with Gasteiger partial charge in [0.15, 0.2) is 6.61 Å². The molecule has 0 saturated heterocycles. The summed E-state index contributed by atoms with van der Waals surface area (Å²) < 4.78 is 11.2. The molecule has 0 fully saturated rings. The molecule has 3 rings (SSSR count). The Kier molecular flexibility index (Phi) is 5.53. The molecule has 0 bridgehead atoms. The molecule has 2 aromatic carbocycles. The lowest BCUT2D eigenvalue weighted by Crippen LogP contribution is -2.12. The standard InChI is InChI=1S/C20H16BrNO4/c1-25-19-8-7-14(21)10-13(19)6-9-20(24)26-12-18(23)16-11-22-17-5-3-2-4-15(16)17/h2-11,22H,12H2,1H3. The van der Waals surface area contributed by atoms with Crippen molar-refractivity contribution in [3.8, 4) is 5.75 Å². The Labute approximate surface area is 158 Å². The number of methoxy groups -OCH3 is 1. The molecule has 0 saturated carbocycles. The molecule has 1 aromatic heterocycles. The van der Waals surface area contributed by atoms with Crippen molar-refractivity contribution in [2.75, 3.05) is 13.7 Å². The molecule has 0 aliphatic heterocycles. The van der Waals surface area contributed by atoms with Crippen LogP contribution in [0, 0.1) is 0 Å². The minimum absolute atomic E-state index is 0.260. The summed E-state index contributed by atoms with van der Waals surface area (Å²) in [4.78, 5) is 27.2. The summed E-state index contributed by atoms with van der Waals surface area (Å²) in [7, 11) is 1.55. The summed E-state index contributed by atoms with van der Waals surface area (Å²) in [5, 5.41) is 0.808. The molecule has 26 heavy (non-hydrogen) atoms. The van der Waals surface area contributed by atoms with Gasteiger partial charge >= 0.3 is 5.97 Å². The first-order chi connectivity index (χ1) is 12.6. The number of hydrogen-bond donors (Lipinski definition) is 1. The van der Waals surface area contributed by atoms with Gasteiger partial charge in [0.2, 0.25) is 5.78 Å². The van der Waals surface area contributed by atoms with E-state index in [-0.39, 0.29) is 12.4 Å². The fourth-order valence-electron chi connectivity index (χ4n) is 2.56. The fourth-order valence-corrected chi connectivity index (χ4v) is 2.94. The largest absolute Gasteiger partial charge is 0.496 e. The molecule has 0 radical (unpaired) electrons. The van der Waals surface area contributed by atoms with Gasteiger partial charge in [0.05, 0.1) is 7.11 Å². The number of aromatic nitrogens is 1. The lowest BCUT2D eigenvalue weighted by Gasteiger charge is -2.05. The van der Waals surface area contributed by atoms with Gasteiger partial charge in [-0.3, -0.25) is 4.79 Å². The number of Topliss-reactive ketones (excluding diaryl/α,β-unsaturated/α-hetero) is 1. The average molecular weight is 414 g/mol. The minimum Gasteiger partial charge on any atom is -0.496 e. The van der Waals surface area contributed by atoms with Crippen LogP contribution in [0.3, 0.4) is 0 Å². The Morgan fingerprint density at radius 2 is 2.00 bits per heavy atom. The van der Waals surface area contributed by atoms with Crippen molar-refractivity contribution >= 4 is 44.7 Å². The van der Waals surface area contributed by atoms with E-state index in [0.29, 0.717) is 11.3 Å². The topological polar surface area (TPSA) is 68.4 Å². The minimum atomic E-state index is -0.597. The Morgan fingerprint density at radius 3 is 2.81 bits per heavy atom. The van der Waals surface area contributed by atoms with E-state index < -0.39 is 5.97 Å². The maximum atomic E-state index is 12.3. The maximum Gasteiger partial charge on any atom is 0.331 e. The highest BCUT2D eigenvalue weighted by Crippen LogP contribution is 2.24. The monoisotopic (exact) mass is 413 g/mol. The molecule has 0 unspecified atom stereocenters. The molecule has 132 valence electrons. The lowest BCUT2D eigenvalue weighted by atomic mass is 10.1. The second-order valence-electron chi connectivity index (χ2n) is 5.50. The smallest absolute Gasteiger partial charge is 0.331 e. The number of hydrogen-bond acceptors (Lipinski definition) is 4. The number of carbonyl (C=O) groups is 2. The van der Waals surface area contributed by atoms with E-state index in [2.05, 4.69) is 20.9 Å². The Morgan fingerprint density at radius 1 is 1.19 bits per heavy atom. The third-order valence-corrected chi connectivity index (χ3v) is 4.32. The molecular formula is C20H16BrNO4. The zero-order chi connectivity index (χ0) is 18.5. The van der Waals surface area contributed by atoms with Gasteiger partial charge in [-0.25, -0.2) is 4.79 Å². The predicted molar refractivity (Wildman–Crippen MR) is 103 cm³/mol. The van der Waals surface area contributed by atoms with Crippen LogP contribution in [0.5, 0.6) is 5.75 Å². The third-order valence-electron chi connectivity index (χ3n) is 3.83.